The molecule has 0 aromatic heterocycles. The van der Waals surface area contributed by atoms with Crippen molar-refractivity contribution >= 4 is 33.4 Å². The SMILES string of the molecule is C.C.O=C(NCC1CCCCCCC1)c1ccc(Br)cc1Cl. The molecule has 0 unspecified atom stereocenters. The largest absolute Gasteiger partial charge is 0.352 e. The first-order valence-corrected chi connectivity index (χ1v) is 8.57. The zero-order chi connectivity index (χ0) is 14.4. The lowest BCUT2D eigenvalue weighted by Gasteiger charge is -2.20. The highest BCUT2D eigenvalue weighted by molar-refractivity contribution is 9.10. The van der Waals surface area contributed by atoms with E-state index in [0.717, 1.165) is 11.0 Å². The molecule has 2 nitrogen and oxygen atoms in total. The first kappa shape index (κ1) is 21.5. The highest BCUT2D eigenvalue weighted by atomic mass is 79.9. The second-order valence-electron chi connectivity index (χ2n) is 5.55. The smallest absolute Gasteiger partial charge is 0.252 e. The van der Waals surface area contributed by atoms with E-state index < -0.39 is 0 Å². The Bertz CT molecular complexity index is 456. The van der Waals surface area contributed by atoms with Gasteiger partial charge in [0.25, 0.3) is 5.91 Å². The maximum absolute atomic E-state index is 12.2. The summed E-state index contributed by atoms with van der Waals surface area (Å²) in [5, 5.41) is 3.53. The van der Waals surface area contributed by atoms with E-state index in [1.807, 2.05) is 6.07 Å². The average Bonchev–Trinajstić information content (AvgIpc) is 2.37. The molecule has 22 heavy (non-hydrogen) atoms. The minimum atomic E-state index is -0.0652. The Morgan fingerprint density at radius 2 is 1.73 bits per heavy atom. The van der Waals surface area contributed by atoms with Crippen molar-refractivity contribution in [3.05, 3.63) is 33.3 Å². The van der Waals surface area contributed by atoms with Gasteiger partial charge in [0.1, 0.15) is 0 Å². The van der Waals surface area contributed by atoms with E-state index in [0.29, 0.717) is 16.5 Å². The lowest BCUT2D eigenvalue weighted by atomic mass is 9.91. The van der Waals surface area contributed by atoms with Crippen LogP contribution < -0.4 is 5.32 Å². The van der Waals surface area contributed by atoms with Crippen LogP contribution >= 0.6 is 27.5 Å². The van der Waals surface area contributed by atoms with Crippen LogP contribution in [-0.2, 0) is 0 Å². The van der Waals surface area contributed by atoms with Gasteiger partial charge in [0, 0.05) is 11.0 Å². The first-order chi connectivity index (χ1) is 9.66. The molecule has 0 atom stereocenters. The Kier molecular flexibility index (Phi) is 10.8. The van der Waals surface area contributed by atoms with Crippen molar-refractivity contribution in [2.45, 2.75) is 59.8 Å². The number of benzene rings is 1. The van der Waals surface area contributed by atoms with E-state index in [2.05, 4.69) is 21.2 Å². The van der Waals surface area contributed by atoms with E-state index in [-0.39, 0.29) is 20.8 Å². The third-order valence-electron chi connectivity index (χ3n) is 3.95. The maximum atomic E-state index is 12.2. The van der Waals surface area contributed by atoms with Crippen molar-refractivity contribution in [3.8, 4) is 0 Å². The summed E-state index contributed by atoms with van der Waals surface area (Å²) < 4.78 is 0.888. The van der Waals surface area contributed by atoms with Crippen molar-refractivity contribution in [3.63, 3.8) is 0 Å². The van der Waals surface area contributed by atoms with Gasteiger partial charge in [0.05, 0.1) is 10.6 Å². The topological polar surface area (TPSA) is 29.1 Å². The second kappa shape index (κ2) is 11.1. The van der Waals surface area contributed by atoms with Gasteiger partial charge < -0.3 is 5.32 Å². The summed E-state index contributed by atoms with van der Waals surface area (Å²) in [6, 6.07) is 5.36. The van der Waals surface area contributed by atoms with Crippen LogP contribution in [0.3, 0.4) is 0 Å². The highest BCUT2D eigenvalue weighted by Crippen LogP contribution is 2.23. The monoisotopic (exact) mass is 389 g/mol. The fourth-order valence-electron chi connectivity index (χ4n) is 2.75. The van der Waals surface area contributed by atoms with Crippen LogP contribution in [-0.4, -0.2) is 12.5 Å². The summed E-state index contributed by atoms with van der Waals surface area (Å²) in [6.07, 6.45) is 9.08. The van der Waals surface area contributed by atoms with Gasteiger partial charge >= 0.3 is 0 Å². The van der Waals surface area contributed by atoms with Gasteiger partial charge in [-0.25, -0.2) is 0 Å². The quantitative estimate of drug-likeness (QED) is 0.630. The molecule has 1 amide bonds. The van der Waals surface area contributed by atoms with Crippen LogP contribution in [0.15, 0.2) is 22.7 Å². The fraction of sp³-hybridized carbons (Fsp3) is 0.611. The summed E-state index contributed by atoms with van der Waals surface area (Å²) in [4.78, 5) is 12.2. The molecule has 1 aromatic rings. The zero-order valence-corrected chi connectivity index (χ0v) is 14.0. The lowest BCUT2D eigenvalue weighted by Crippen LogP contribution is -2.29. The number of amides is 1. The van der Waals surface area contributed by atoms with Crippen LogP contribution in [0.4, 0.5) is 0 Å². The van der Waals surface area contributed by atoms with Crippen molar-refractivity contribution < 1.29 is 4.79 Å². The molecule has 0 radical (unpaired) electrons. The summed E-state index contributed by atoms with van der Waals surface area (Å²) in [5.74, 6) is 0.554. The Labute approximate surface area is 149 Å². The number of hydrogen-bond donors (Lipinski definition) is 1. The van der Waals surface area contributed by atoms with Gasteiger partial charge in [0.15, 0.2) is 0 Å². The lowest BCUT2D eigenvalue weighted by molar-refractivity contribution is 0.0945. The van der Waals surface area contributed by atoms with Crippen LogP contribution in [0.25, 0.3) is 0 Å². The summed E-state index contributed by atoms with van der Waals surface area (Å²) in [5.41, 5.74) is 0.556. The van der Waals surface area contributed by atoms with Gasteiger partial charge in [-0.15, -0.1) is 0 Å². The van der Waals surface area contributed by atoms with Crippen LogP contribution in [0, 0.1) is 5.92 Å². The van der Waals surface area contributed by atoms with E-state index in [9.17, 15) is 4.79 Å². The molecule has 0 spiro atoms. The van der Waals surface area contributed by atoms with Gasteiger partial charge in [-0.2, -0.15) is 0 Å². The molecule has 1 N–H and O–H groups in total. The molecule has 1 fully saturated rings. The molecule has 1 saturated carbocycles. The first-order valence-electron chi connectivity index (χ1n) is 7.40. The molecule has 1 aromatic carbocycles. The molecule has 4 heteroatoms. The standard InChI is InChI=1S/C16H21BrClNO.2CH4/c17-13-8-9-14(15(18)10-13)16(20)19-11-12-6-4-2-1-3-5-7-12;;/h8-10,12H,1-7,11H2,(H,19,20);2*1H4. The van der Waals surface area contributed by atoms with Gasteiger partial charge in [-0.3, -0.25) is 4.79 Å². The number of rotatable bonds is 3. The molecule has 126 valence electrons. The van der Waals surface area contributed by atoms with E-state index in [4.69, 9.17) is 11.6 Å². The third-order valence-corrected chi connectivity index (χ3v) is 4.76. The Morgan fingerprint density at radius 1 is 1.14 bits per heavy atom. The van der Waals surface area contributed by atoms with E-state index in [1.54, 1.807) is 12.1 Å². The Balaban J connectivity index is 0.00000220. The average molecular weight is 391 g/mol. The molecular weight excluding hydrogens is 362 g/mol. The van der Waals surface area contributed by atoms with Gasteiger partial charge in [0.2, 0.25) is 0 Å². The summed E-state index contributed by atoms with van der Waals surface area (Å²) in [6.45, 7) is 0.769. The van der Waals surface area contributed by atoms with Crippen molar-refractivity contribution in [1.82, 2.24) is 5.32 Å². The van der Waals surface area contributed by atoms with Crippen molar-refractivity contribution in [2.24, 2.45) is 5.92 Å². The minimum absolute atomic E-state index is 0. The second-order valence-corrected chi connectivity index (χ2v) is 6.87. The Morgan fingerprint density at radius 3 is 2.32 bits per heavy atom. The molecule has 0 aliphatic heterocycles. The summed E-state index contributed by atoms with van der Waals surface area (Å²) >= 11 is 9.45. The number of carbonyl (C=O) groups is 1. The molecule has 1 aliphatic rings. The zero-order valence-electron chi connectivity index (χ0n) is 11.6. The predicted molar refractivity (Wildman–Crippen MR) is 101 cm³/mol. The molecular formula is C18H29BrClNO. The van der Waals surface area contributed by atoms with E-state index >= 15 is 0 Å². The minimum Gasteiger partial charge on any atom is -0.352 e. The van der Waals surface area contributed by atoms with Crippen LogP contribution in [0.1, 0.15) is 70.2 Å². The normalized spacial score (nSPS) is 15.7. The number of halogens is 2. The molecule has 0 heterocycles. The number of nitrogens with one attached hydrogen (secondary N) is 1. The number of hydrogen-bond acceptors (Lipinski definition) is 1. The number of carbonyl (C=O) groups excluding carboxylic acids is 1. The van der Waals surface area contributed by atoms with Gasteiger partial charge in [-0.1, -0.05) is 74.5 Å². The third kappa shape index (κ3) is 6.70. The van der Waals surface area contributed by atoms with E-state index in [1.165, 1.54) is 44.9 Å². The molecule has 2 rings (SSSR count). The maximum Gasteiger partial charge on any atom is 0.252 e. The highest BCUT2D eigenvalue weighted by Gasteiger charge is 2.15. The van der Waals surface area contributed by atoms with Crippen LogP contribution in [0.2, 0.25) is 5.02 Å². The molecule has 0 bridgehead atoms. The van der Waals surface area contributed by atoms with Crippen LogP contribution in [0.5, 0.6) is 0 Å². The van der Waals surface area contributed by atoms with Crippen molar-refractivity contribution in [2.75, 3.05) is 6.54 Å². The van der Waals surface area contributed by atoms with Crippen molar-refractivity contribution in [1.29, 1.82) is 0 Å². The molecule has 0 saturated heterocycles. The predicted octanol–water partition coefficient (Wildman–Crippen LogP) is 6.47. The summed E-state index contributed by atoms with van der Waals surface area (Å²) in [7, 11) is 0. The fourth-order valence-corrected chi connectivity index (χ4v) is 3.51. The van der Waals surface area contributed by atoms with Gasteiger partial charge in [-0.05, 0) is 37.0 Å². The molecule has 1 aliphatic carbocycles. The Hall–Kier alpha value is -0.540.